The average Bonchev–Trinajstić information content (AvgIpc) is 2.99. The van der Waals surface area contributed by atoms with Gasteiger partial charge in [-0.25, -0.2) is 9.78 Å². The van der Waals surface area contributed by atoms with E-state index in [9.17, 15) is 14.7 Å². The van der Waals surface area contributed by atoms with Crippen molar-refractivity contribution in [2.75, 3.05) is 19.6 Å². The second kappa shape index (κ2) is 8.79. The summed E-state index contributed by atoms with van der Waals surface area (Å²) in [7, 11) is 0. The Morgan fingerprint density at radius 1 is 1.27 bits per heavy atom. The highest BCUT2D eigenvalue weighted by Crippen LogP contribution is 2.26. The lowest BCUT2D eigenvalue weighted by Gasteiger charge is -2.33. The number of nitrogens with zero attached hydrogens (tertiary/aromatic N) is 4. The Morgan fingerprint density at radius 2 is 2.10 bits per heavy atom. The molecule has 0 amide bonds. The first-order valence-corrected chi connectivity index (χ1v) is 10.6. The van der Waals surface area contributed by atoms with Crippen molar-refractivity contribution in [3.8, 4) is 0 Å². The van der Waals surface area contributed by atoms with Crippen LogP contribution < -0.4 is 5.69 Å². The number of halogens is 2. The number of hydrogen-bond donors (Lipinski definition) is 1. The monoisotopic (exact) mass is 448 g/mol. The molecule has 0 saturated carbocycles. The fourth-order valence-corrected chi connectivity index (χ4v) is 4.68. The lowest BCUT2D eigenvalue weighted by atomic mass is 10.0. The zero-order valence-electron chi connectivity index (χ0n) is 16.3. The quantitative estimate of drug-likeness (QED) is 0.624. The van der Waals surface area contributed by atoms with Crippen LogP contribution >= 0.6 is 23.2 Å². The van der Waals surface area contributed by atoms with Crippen molar-refractivity contribution in [1.82, 2.24) is 19.0 Å². The molecule has 0 spiro atoms. The summed E-state index contributed by atoms with van der Waals surface area (Å²) in [5.74, 6) is -1.05. The van der Waals surface area contributed by atoms with Crippen LogP contribution in [0.1, 0.15) is 24.4 Å². The second-order valence-corrected chi connectivity index (χ2v) is 8.40. The van der Waals surface area contributed by atoms with Gasteiger partial charge in [-0.05, 0) is 55.6 Å². The third kappa shape index (κ3) is 4.24. The Hall–Kier alpha value is -2.35. The van der Waals surface area contributed by atoms with Crippen LogP contribution in [0.3, 0.4) is 0 Å². The number of rotatable bonds is 6. The number of carboxylic acids is 1. The Bertz CT molecular complexity index is 1140. The van der Waals surface area contributed by atoms with E-state index in [-0.39, 0.29) is 18.3 Å². The topological polar surface area (TPSA) is 80.4 Å². The number of carboxylic acid groups (broad SMARTS) is 1. The fraction of sp³-hybridized carbons (Fsp3) is 0.381. The van der Waals surface area contributed by atoms with Crippen LogP contribution in [0, 0.1) is 0 Å². The molecule has 2 aromatic heterocycles. The molecular weight excluding hydrogens is 427 g/mol. The largest absolute Gasteiger partial charge is 0.480 e. The van der Waals surface area contributed by atoms with Gasteiger partial charge in [0.25, 0.3) is 0 Å². The van der Waals surface area contributed by atoms with Crippen molar-refractivity contribution >= 4 is 40.3 Å². The van der Waals surface area contributed by atoms with Crippen LogP contribution in [0.25, 0.3) is 11.2 Å². The first kappa shape index (κ1) is 20.9. The molecule has 1 saturated heterocycles. The molecule has 0 unspecified atom stereocenters. The van der Waals surface area contributed by atoms with E-state index in [1.54, 1.807) is 29.0 Å². The van der Waals surface area contributed by atoms with Gasteiger partial charge in [0, 0.05) is 29.3 Å². The molecule has 0 bridgehead atoms. The molecule has 158 valence electrons. The van der Waals surface area contributed by atoms with E-state index in [0.29, 0.717) is 27.8 Å². The number of aliphatic carboxylic acids is 1. The first-order valence-electron chi connectivity index (χ1n) is 9.88. The predicted molar refractivity (Wildman–Crippen MR) is 117 cm³/mol. The molecule has 4 rings (SSSR count). The minimum absolute atomic E-state index is 0.0561. The van der Waals surface area contributed by atoms with Gasteiger partial charge in [-0.15, -0.1) is 0 Å². The van der Waals surface area contributed by atoms with Crippen LogP contribution in [-0.4, -0.2) is 49.7 Å². The number of fused-ring (bicyclic) bond motifs is 1. The fourth-order valence-electron chi connectivity index (χ4n) is 4.17. The van der Waals surface area contributed by atoms with Crippen molar-refractivity contribution in [3.63, 3.8) is 0 Å². The molecule has 30 heavy (non-hydrogen) atoms. The molecule has 7 nitrogen and oxygen atoms in total. The van der Waals surface area contributed by atoms with E-state index in [0.717, 1.165) is 37.9 Å². The molecule has 3 aromatic rings. The molecule has 1 aliphatic heterocycles. The predicted octanol–water partition coefficient (Wildman–Crippen LogP) is 3.47. The van der Waals surface area contributed by atoms with Crippen molar-refractivity contribution in [1.29, 1.82) is 0 Å². The van der Waals surface area contributed by atoms with Crippen LogP contribution in [0.5, 0.6) is 0 Å². The molecular formula is C21H22Cl2N4O3. The van der Waals surface area contributed by atoms with Crippen molar-refractivity contribution < 1.29 is 9.90 Å². The Balaban J connectivity index is 1.56. The van der Waals surface area contributed by atoms with E-state index in [1.165, 1.54) is 4.57 Å². The van der Waals surface area contributed by atoms with Gasteiger partial charge in [-0.2, -0.15) is 0 Å². The lowest BCUT2D eigenvalue weighted by molar-refractivity contribution is -0.137. The highest BCUT2D eigenvalue weighted by atomic mass is 35.5. The first-order chi connectivity index (χ1) is 14.4. The van der Waals surface area contributed by atoms with Crippen LogP contribution in [0.2, 0.25) is 10.0 Å². The summed E-state index contributed by atoms with van der Waals surface area (Å²) in [6, 6.07) is 8.93. The highest BCUT2D eigenvalue weighted by Gasteiger charge is 2.27. The summed E-state index contributed by atoms with van der Waals surface area (Å²) in [6.07, 6.45) is 4.22. The number of aromatic nitrogens is 3. The normalized spacial score (nSPS) is 17.5. The number of hydrogen-bond acceptors (Lipinski definition) is 4. The number of pyridine rings is 1. The second-order valence-electron chi connectivity index (χ2n) is 7.56. The molecule has 9 heteroatoms. The molecule has 1 N–H and O–H groups in total. The Kier molecular flexibility index (Phi) is 6.13. The summed E-state index contributed by atoms with van der Waals surface area (Å²) in [6.45, 7) is 2.08. The highest BCUT2D eigenvalue weighted by molar-refractivity contribution is 6.35. The van der Waals surface area contributed by atoms with Gasteiger partial charge in [0.05, 0.1) is 11.6 Å². The number of carbonyl (C=O) groups is 1. The zero-order valence-corrected chi connectivity index (χ0v) is 17.8. The maximum Gasteiger partial charge on any atom is 0.331 e. The molecule has 1 fully saturated rings. The third-order valence-corrected chi connectivity index (χ3v) is 6.16. The van der Waals surface area contributed by atoms with Crippen molar-refractivity contribution in [2.24, 2.45) is 0 Å². The summed E-state index contributed by atoms with van der Waals surface area (Å²) >= 11 is 12.3. The minimum Gasteiger partial charge on any atom is -0.480 e. The molecule has 1 aromatic carbocycles. The van der Waals surface area contributed by atoms with E-state index in [2.05, 4.69) is 9.88 Å². The number of piperidine rings is 1. The summed E-state index contributed by atoms with van der Waals surface area (Å²) < 4.78 is 2.96. The minimum atomic E-state index is -1.05. The van der Waals surface area contributed by atoms with Gasteiger partial charge in [0.2, 0.25) is 0 Å². The van der Waals surface area contributed by atoms with E-state index < -0.39 is 5.97 Å². The van der Waals surface area contributed by atoms with Gasteiger partial charge in [-0.1, -0.05) is 29.3 Å². The molecule has 0 radical (unpaired) electrons. The molecule has 1 aliphatic rings. The maximum absolute atomic E-state index is 13.1. The van der Waals surface area contributed by atoms with E-state index >= 15 is 0 Å². The molecule has 3 heterocycles. The Morgan fingerprint density at radius 3 is 2.87 bits per heavy atom. The third-order valence-electron chi connectivity index (χ3n) is 5.57. The maximum atomic E-state index is 13.1. The van der Waals surface area contributed by atoms with Gasteiger partial charge in [-0.3, -0.25) is 13.9 Å². The Labute approximate surface area is 183 Å². The van der Waals surface area contributed by atoms with Gasteiger partial charge in [0.1, 0.15) is 6.54 Å². The number of imidazole rings is 1. The van der Waals surface area contributed by atoms with Gasteiger partial charge in [0.15, 0.2) is 5.65 Å². The van der Waals surface area contributed by atoms with E-state index in [4.69, 9.17) is 23.2 Å². The van der Waals surface area contributed by atoms with Gasteiger partial charge >= 0.3 is 11.7 Å². The van der Waals surface area contributed by atoms with Crippen molar-refractivity contribution in [3.05, 3.63) is 62.6 Å². The number of likely N-dealkylation sites (tertiary alicyclic amines) is 1. The summed E-state index contributed by atoms with van der Waals surface area (Å²) in [5.41, 5.74) is 1.81. The zero-order chi connectivity index (χ0) is 21.3. The smallest absolute Gasteiger partial charge is 0.331 e. The van der Waals surface area contributed by atoms with Gasteiger partial charge < -0.3 is 10.0 Å². The average molecular weight is 449 g/mol. The number of benzene rings is 1. The summed E-state index contributed by atoms with van der Waals surface area (Å²) in [4.78, 5) is 31.0. The SMILES string of the molecule is O=C(O)Cn1c(=O)n([C@H]2CCCN(CCc3ccc(Cl)cc3Cl)C2)c2ncccc21. The van der Waals surface area contributed by atoms with Crippen molar-refractivity contribution in [2.45, 2.75) is 31.8 Å². The standard InChI is InChI=1S/C21H22Cl2N4O3/c22-15-6-5-14(17(23)11-15)7-10-25-9-2-3-16(12-25)27-20-18(4-1-8-24-20)26(21(27)30)13-19(28)29/h1,4-6,8,11,16H,2-3,7,9-10,12-13H2,(H,28,29)/t16-/m0/s1. The lowest BCUT2D eigenvalue weighted by Crippen LogP contribution is -2.41. The molecule has 0 aliphatic carbocycles. The van der Waals surface area contributed by atoms with Crippen LogP contribution in [0.15, 0.2) is 41.3 Å². The summed E-state index contributed by atoms with van der Waals surface area (Å²) in [5, 5.41) is 10.5. The van der Waals surface area contributed by atoms with Crippen LogP contribution in [-0.2, 0) is 17.8 Å². The van der Waals surface area contributed by atoms with E-state index in [1.807, 2.05) is 12.1 Å². The molecule has 1 atom stereocenters. The van der Waals surface area contributed by atoms with Crippen LogP contribution in [0.4, 0.5) is 0 Å².